The molecule has 5 nitrogen and oxygen atoms in total. The maximum atomic E-state index is 11.7. The first-order valence-electron chi connectivity index (χ1n) is 9.04. The Morgan fingerprint density at radius 2 is 1.88 bits per heavy atom. The van der Waals surface area contributed by atoms with E-state index in [0.29, 0.717) is 17.7 Å². The van der Waals surface area contributed by atoms with Crippen LogP contribution >= 0.6 is 0 Å². The van der Waals surface area contributed by atoms with Crippen LogP contribution in [0.2, 0.25) is 0 Å². The Morgan fingerprint density at radius 3 is 2.48 bits per heavy atom. The van der Waals surface area contributed by atoms with Gasteiger partial charge in [0.25, 0.3) is 0 Å². The van der Waals surface area contributed by atoms with Gasteiger partial charge >= 0.3 is 0 Å². The van der Waals surface area contributed by atoms with Crippen LogP contribution in [-0.2, 0) is 6.54 Å². The van der Waals surface area contributed by atoms with Gasteiger partial charge in [0.15, 0.2) is 11.8 Å². The predicted molar refractivity (Wildman–Crippen MR) is 103 cm³/mol. The highest BCUT2D eigenvalue weighted by Gasteiger charge is 2.11. The molecule has 5 heteroatoms. The summed E-state index contributed by atoms with van der Waals surface area (Å²) in [6.45, 7) is 8.80. The zero-order valence-electron chi connectivity index (χ0n) is 16.5. The van der Waals surface area contributed by atoms with Crippen molar-refractivity contribution in [2.45, 2.75) is 40.2 Å². The van der Waals surface area contributed by atoms with Gasteiger partial charge in [0.1, 0.15) is 5.69 Å². The normalized spacial score (nSPS) is 12.8. The fourth-order valence-electron chi connectivity index (χ4n) is 2.77. The number of rotatable bonds is 7. The molecule has 0 saturated heterocycles. The number of aryl methyl sites for hydroxylation is 3. The standard InChI is InChI=1S/C20H31N4O/c1-7-8-10-23-19-13-16(3)15(2)12-17(19)22-18(14-25)20(23)21-9-11-24(4,5)6/h12-14H,7-11H2,1-6H3/q+1. The molecule has 2 aromatic rings. The summed E-state index contributed by atoms with van der Waals surface area (Å²) in [4.78, 5) is 21.0. The molecule has 0 N–H and O–H groups in total. The van der Waals surface area contributed by atoms with Crippen LogP contribution in [0.25, 0.3) is 11.0 Å². The van der Waals surface area contributed by atoms with E-state index in [2.05, 4.69) is 63.6 Å². The Labute approximate surface area is 150 Å². The van der Waals surface area contributed by atoms with E-state index in [4.69, 9.17) is 4.99 Å². The molecule has 1 aromatic carbocycles. The van der Waals surface area contributed by atoms with E-state index >= 15 is 0 Å². The van der Waals surface area contributed by atoms with Crippen molar-refractivity contribution in [3.8, 4) is 0 Å². The topological polar surface area (TPSA) is 47.2 Å². The van der Waals surface area contributed by atoms with Gasteiger partial charge in [0.05, 0.1) is 45.3 Å². The summed E-state index contributed by atoms with van der Waals surface area (Å²) in [5, 5.41) is 0. The lowest BCUT2D eigenvalue weighted by atomic mass is 10.1. The molecule has 0 unspecified atom stereocenters. The molecule has 0 aliphatic carbocycles. The Balaban J connectivity index is 2.69. The summed E-state index contributed by atoms with van der Waals surface area (Å²) in [6, 6.07) is 4.23. The molecular formula is C20H31N4O+. The van der Waals surface area contributed by atoms with E-state index in [9.17, 15) is 4.79 Å². The fraction of sp³-hybridized carbons (Fsp3) is 0.550. The highest BCUT2D eigenvalue weighted by Crippen LogP contribution is 2.17. The summed E-state index contributed by atoms with van der Waals surface area (Å²) in [5.41, 5.74) is 5.50. The number of carbonyl (C=O) groups is 1. The maximum Gasteiger partial charge on any atom is 0.172 e. The van der Waals surface area contributed by atoms with Gasteiger partial charge in [0, 0.05) is 6.54 Å². The Kier molecular flexibility index (Phi) is 6.11. The Bertz CT molecular complexity index is 828. The highest BCUT2D eigenvalue weighted by atomic mass is 16.1. The second-order valence-corrected chi connectivity index (χ2v) is 7.76. The molecule has 0 aliphatic heterocycles. The van der Waals surface area contributed by atoms with E-state index in [1.54, 1.807) is 0 Å². The minimum absolute atomic E-state index is 0.438. The van der Waals surface area contributed by atoms with Crippen LogP contribution in [0.1, 0.15) is 41.4 Å². The molecule has 0 fully saturated rings. The van der Waals surface area contributed by atoms with Crippen LogP contribution in [0.15, 0.2) is 17.1 Å². The lowest BCUT2D eigenvalue weighted by molar-refractivity contribution is -0.868. The van der Waals surface area contributed by atoms with Crippen LogP contribution in [0.4, 0.5) is 0 Å². The lowest BCUT2D eigenvalue weighted by Gasteiger charge is -2.22. The van der Waals surface area contributed by atoms with Crippen molar-refractivity contribution < 1.29 is 9.28 Å². The Hall–Kier alpha value is -2.01. The van der Waals surface area contributed by atoms with Crippen LogP contribution in [0.3, 0.4) is 0 Å². The highest BCUT2D eigenvalue weighted by molar-refractivity contribution is 5.81. The molecular weight excluding hydrogens is 312 g/mol. The van der Waals surface area contributed by atoms with Gasteiger partial charge in [-0.25, -0.2) is 4.98 Å². The SMILES string of the molecule is CCCCn1c(=NCC[N+](C)(C)C)c(C=O)nc2cc(C)c(C)cc21. The molecule has 0 amide bonds. The van der Waals surface area contributed by atoms with Gasteiger partial charge < -0.3 is 9.05 Å². The summed E-state index contributed by atoms with van der Waals surface area (Å²) in [6.07, 6.45) is 2.98. The molecule has 0 radical (unpaired) electrons. The molecule has 0 aliphatic rings. The lowest BCUT2D eigenvalue weighted by Crippen LogP contribution is -2.37. The van der Waals surface area contributed by atoms with E-state index in [-0.39, 0.29) is 0 Å². The molecule has 0 saturated carbocycles. The molecule has 0 atom stereocenters. The number of carbonyl (C=O) groups excluding carboxylic acids is 1. The quantitative estimate of drug-likeness (QED) is 0.573. The summed E-state index contributed by atoms with van der Waals surface area (Å²) in [7, 11) is 6.43. The van der Waals surface area contributed by atoms with Crippen molar-refractivity contribution in [3.63, 3.8) is 0 Å². The average molecular weight is 343 g/mol. The zero-order valence-corrected chi connectivity index (χ0v) is 16.5. The van der Waals surface area contributed by atoms with E-state index in [1.165, 1.54) is 11.1 Å². The molecule has 25 heavy (non-hydrogen) atoms. The summed E-state index contributed by atoms with van der Waals surface area (Å²) in [5.74, 6) is 0. The number of hydrogen-bond donors (Lipinski definition) is 0. The first-order chi connectivity index (χ1) is 11.8. The molecule has 2 rings (SSSR count). The third kappa shape index (κ3) is 4.75. The molecule has 136 valence electrons. The number of benzene rings is 1. The average Bonchev–Trinajstić information content (AvgIpc) is 2.53. The van der Waals surface area contributed by atoms with Crippen molar-refractivity contribution >= 4 is 17.3 Å². The smallest absolute Gasteiger partial charge is 0.172 e. The van der Waals surface area contributed by atoms with Crippen LogP contribution in [0, 0.1) is 13.8 Å². The second kappa shape index (κ2) is 7.91. The van der Waals surface area contributed by atoms with Crippen molar-refractivity contribution in [1.82, 2.24) is 9.55 Å². The number of aromatic nitrogens is 2. The number of fused-ring (bicyclic) bond motifs is 1. The predicted octanol–water partition coefficient (Wildman–Crippen LogP) is 2.87. The third-order valence-electron chi connectivity index (χ3n) is 4.49. The molecule has 0 bridgehead atoms. The number of unbranched alkanes of at least 4 members (excludes halogenated alkanes) is 1. The van der Waals surface area contributed by atoms with Gasteiger partial charge in [-0.2, -0.15) is 0 Å². The first kappa shape index (κ1) is 19.3. The minimum Gasteiger partial charge on any atom is -0.329 e. The zero-order chi connectivity index (χ0) is 18.6. The van der Waals surface area contributed by atoms with Crippen LogP contribution < -0.4 is 5.49 Å². The summed E-state index contributed by atoms with van der Waals surface area (Å²) < 4.78 is 3.02. The third-order valence-corrected chi connectivity index (χ3v) is 4.49. The van der Waals surface area contributed by atoms with Crippen LogP contribution in [-0.4, -0.2) is 54.6 Å². The van der Waals surface area contributed by atoms with Crippen molar-refractivity contribution in [2.75, 3.05) is 34.2 Å². The number of hydrogen-bond acceptors (Lipinski definition) is 3. The van der Waals surface area contributed by atoms with Crippen molar-refractivity contribution in [2.24, 2.45) is 4.99 Å². The van der Waals surface area contributed by atoms with Gasteiger partial charge in [-0.15, -0.1) is 0 Å². The maximum absolute atomic E-state index is 11.7. The largest absolute Gasteiger partial charge is 0.329 e. The first-order valence-corrected chi connectivity index (χ1v) is 9.04. The molecule has 1 aromatic heterocycles. The molecule has 0 spiro atoms. The number of likely N-dealkylation sites (N-methyl/N-ethyl adjacent to an activating group) is 1. The minimum atomic E-state index is 0.438. The fourth-order valence-corrected chi connectivity index (χ4v) is 2.77. The van der Waals surface area contributed by atoms with Crippen LogP contribution in [0.5, 0.6) is 0 Å². The van der Waals surface area contributed by atoms with Gasteiger partial charge in [0.2, 0.25) is 0 Å². The van der Waals surface area contributed by atoms with Gasteiger partial charge in [-0.1, -0.05) is 13.3 Å². The van der Waals surface area contributed by atoms with Gasteiger partial charge in [-0.3, -0.25) is 9.79 Å². The Morgan fingerprint density at radius 1 is 1.20 bits per heavy atom. The van der Waals surface area contributed by atoms with E-state index in [0.717, 1.165) is 47.7 Å². The molecule has 1 heterocycles. The number of quaternary nitrogens is 1. The number of aldehydes is 1. The summed E-state index contributed by atoms with van der Waals surface area (Å²) >= 11 is 0. The van der Waals surface area contributed by atoms with Gasteiger partial charge in [-0.05, 0) is 43.5 Å². The van der Waals surface area contributed by atoms with E-state index < -0.39 is 0 Å². The van der Waals surface area contributed by atoms with Crippen molar-refractivity contribution in [3.05, 3.63) is 34.4 Å². The van der Waals surface area contributed by atoms with E-state index in [1.807, 2.05) is 0 Å². The number of nitrogens with zero attached hydrogens (tertiary/aromatic N) is 4. The van der Waals surface area contributed by atoms with Crippen molar-refractivity contribution in [1.29, 1.82) is 0 Å². The monoisotopic (exact) mass is 343 g/mol. The second-order valence-electron chi connectivity index (χ2n) is 7.76.